The third kappa shape index (κ3) is 5.54. The predicted octanol–water partition coefficient (Wildman–Crippen LogP) is 4.94. The highest BCUT2D eigenvalue weighted by atomic mass is 19.2. The number of ether oxygens (including phenoxy) is 1. The number of likely N-dealkylation sites (tertiary alicyclic amines) is 1. The SMILES string of the molecule is Cn1cc2c(cc1=O)C1(CCN(Cc3ccc([C@H](NC(=O)C(C)(C)C)c4ccc(F)c(F)c4)cc3)CC1)OC2. The van der Waals surface area contributed by atoms with E-state index >= 15 is 0 Å². The molecule has 1 aromatic heterocycles. The molecule has 1 N–H and O–H groups in total. The van der Waals surface area contributed by atoms with Crippen LogP contribution in [0, 0.1) is 17.0 Å². The minimum atomic E-state index is -0.948. The number of aromatic nitrogens is 1. The van der Waals surface area contributed by atoms with Crippen molar-refractivity contribution < 1.29 is 18.3 Å². The molecule has 2 aromatic carbocycles. The largest absolute Gasteiger partial charge is 0.365 e. The van der Waals surface area contributed by atoms with Gasteiger partial charge in [-0.25, -0.2) is 8.78 Å². The molecule has 1 atom stereocenters. The van der Waals surface area contributed by atoms with Gasteiger partial charge >= 0.3 is 0 Å². The van der Waals surface area contributed by atoms with Crippen molar-refractivity contribution in [3.05, 3.63) is 105 Å². The molecule has 0 saturated carbocycles. The number of nitrogens with one attached hydrogen (secondary N) is 1. The van der Waals surface area contributed by atoms with Crippen LogP contribution in [0.2, 0.25) is 0 Å². The van der Waals surface area contributed by atoms with E-state index in [9.17, 15) is 18.4 Å². The van der Waals surface area contributed by atoms with E-state index in [4.69, 9.17) is 4.74 Å². The Morgan fingerprint density at radius 1 is 1.03 bits per heavy atom. The second-order valence-electron chi connectivity index (χ2n) is 11.8. The molecule has 0 unspecified atom stereocenters. The smallest absolute Gasteiger partial charge is 0.250 e. The lowest BCUT2D eigenvalue weighted by Crippen LogP contribution is -2.42. The van der Waals surface area contributed by atoms with Gasteiger partial charge in [-0.3, -0.25) is 14.5 Å². The third-order valence-electron chi connectivity index (χ3n) is 7.92. The molecule has 2 aliphatic heterocycles. The van der Waals surface area contributed by atoms with Crippen LogP contribution in [0.15, 0.2) is 59.5 Å². The number of fused-ring (bicyclic) bond motifs is 2. The van der Waals surface area contributed by atoms with Gasteiger partial charge in [-0.1, -0.05) is 51.1 Å². The van der Waals surface area contributed by atoms with Crippen LogP contribution in [-0.4, -0.2) is 28.5 Å². The number of aryl methyl sites for hydroxylation is 1. The molecule has 3 heterocycles. The number of carbonyl (C=O) groups is 1. The zero-order chi connectivity index (χ0) is 27.9. The molecule has 1 spiro atoms. The predicted molar refractivity (Wildman–Crippen MR) is 145 cm³/mol. The van der Waals surface area contributed by atoms with Crippen LogP contribution in [0.1, 0.15) is 67.5 Å². The van der Waals surface area contributed by atoms with Gasteiger partial charge in [0.25, 0.3) is 5.56 Å². The molecule has 0 bridgehead atoms. The summed E-state index contributed by atoms with van der Waals surface area (Å²) in [5.74, 6) is -2.05. The van der Waals surface area contributed by atoms with Crippen LogP contribution < -0.4 is 10.9 Å². The average molecular weight is 536 g/mol. The first-order chi connectivity index (χ1) is 18.4. The molecular weight excluding hydrogens is 500 g/mol. The number of nitrogens with zero attached hydrogens (tertiary/aromatic N) is 2. The Labute approximate surface area is 227 Å². The molecule has 0 aliphatic carbocycles. The lowest BCUT2D eigenvalue weighted by molar-refractivity contribution is -0.129. The minimum Gasteiger partial charge on any atom is -0.365 e. The highest BCUT2D eigenvalue weighted by Gasteiger charge is 2.43. The van der Waals surface area contributed by atoms with Gasteiger partial charge in [0.05, 0.1) is 18.2 Å². The zero-order valence-electron chi connectivity index (χ0n) is 22.9. The van der Waals surface area contributed by atoms with Gasteiger partial charge in [0.15, 0.2) is 11.6 Å². The summed E-state index contributed by atoms with van der Waals surface area (Å²) in [5.41, 5.74) is 3.48. The number of carbonyl (C=O) groups excluding carboxylic acids is 1. The second-order valence-corrected chi connectivity index (χ2v) is 11.8. The molecule has 0 radical (unpaired) electrons. The van der Waals surface area contributed by atoms with Gasteiger partial charge in [-0.05, 0) is 47.2 Å². The van der Waals surface area contributed by atoms with Gasteiger partial charge in [0.1, 0.15) is 0 Å². The Hall–Kier alpha value is -3.36. The molecule has 1 amide bonds. The standard InChI is InChI=1S/C31H35F2N3O3/c1-30(2,3)29(38)34-28(22-9-10-25(32)26(33)15-22)21-7-5-20(6-8-21)17-36-13-11-31(12-14-36)24-16-27(37)35(4)18-23(24)19-39-31/h5-10,15-16,18,28H,11-14,17,19H2,1-4H3,(H,34,38)/t28-/m0/s1. The van der Waals surface area contributed by atoms with Gasteiger partial charge in [0, 0.05) is 49.9 Å². The molecule has 5 rings (SSSR count). The summed E-state index contributed by atoms with van der Waals surface area (Å²) in [7, 11) is 1.76. The average Bonchev–Trinajstić information content (AvgIpc) is 3.22. The number of amides is 1. The summed E-state index contributed by atoms with van der Waals surface area (Å²) in [6.07, 6.45) is 3.53. The molecule has 1 saturated heterocycles. The molecule has 3 aromatic rings. The first-order valence-electron chi connectivity index (χ1n) is 13.4. The lowest BCUT2D eigenvalue weighted by Gasteiger charge is -2.39. The van der Waals surface area contributed by atoms with Crippen molar-refractivity contribution in [1.29, 1.82) is 0 Å². The molecule has 2 aliphatic rings. The highest BCUT2D eigenvalue weighted by Crippen LogP contribution is 2.43. The van der Waals surface area contributed by atoms with Crippen LogP contribution in [0.4, 0.5) is 8.78 Å². The number of hydrogen-bond acceptors (Lipinski definition) is 4. The van der Waals surface area contributed by atoms with Crippen LogP contribution in [-0.2, 0) is 35.3 Å². The van der Waals surface area contributed by atoms with Crippen LogP contribution in [0.3, 0.4) is 0 Å². The van der Waals surface area contributed by atoms with E-state index in [2.05, 4.69) is 10.2 Å². The Bertz CT molecular complexity index is 1430. The Kier molecular flexibility index (Phi) is 7.20. The van der Waals surface area contributed by atoms with E-state index in [0.29, 0.717) is 12.2 Å². The fourth-order valence-corrected chi connectivity index (χ4v) is 5.48. The lowest BCUT2D eigenvalue weighted by atomic mass is 9.84. The maximum Gasteiger partial charge on any atom is 0.250 e. The Balaban J connectivity index is 1.29. The summed E-state index contributed by atoms with van der Waals surface area (Å²) < 4.78 is 35.5. The summed E-state index contributed by atoms with van der Waals surface area (Å²) in [4.78, 5) is 27.4. The zero-order valence-corrected chi connectivity index (χ0v) is 22.9. The maximum atomic E-state index is 14.1. The van der Waals surface area contributed by atoms with Crippen molar-refractivity contribution in [3.8, 4) is 0 Å². The number of halogens is 2. The summed E-state index contributed by atoms with van der Waals surface area (Å²) >= 11 is 0. The second kappa shape index (κ2) is 10.3. The molecule has 206 valence electrons. The van der Waals surface area contributed by atoms with Crippen molar-refractivity contribution in [2.24, 2.45) is 12.5 Å². The van der Waals surface area contributed by atoms with Gasteiger partial charge in [-0.2, -0.15) is 0 Å². The van der Waals surface area contributed by atoms with Crippen LogP contribution in [0.5, 0.6) is 0 Å². The molecule has 39 heavy (non-hydrogen) atoms. The normalized spacial score (nSPS) is 17.7. The Morgan fingerprint density at radius 2 is 1.69 bits per heavy atom. The fraction of sp³-hybridized carbons (Fsp3) is 0.419. The molecular formula is C31H35F2N3O3. The minimum absolute atomic E-state index is 0.0125. The summed E-state index contributed by atoms with van der Waals surface area (Å²) in [6, 6.07) is 12.7. The number of rotatable bonds is 5. The van der Waals surface area contributed by atoms with Crippen molar-refractivity contribution in [3.63, 3.8) is 0 Å². The van der Waals surface area contributed by atoms with Crippen molar-refractivity contribution >= 4 is 5.91 Å². The molecule has 8 heteroatoms. The first-order valence-corrected chi connectivity index (χ1v) is 13.4. The van der Waals surface area contributed by atoms with E-state index in [1.165, 1.54) is 6.07 Å². The molecule has 1 fully saturated rings. The quantitative estimate of drug-likeness (QED) is 0.503. The van der Waals surface area contributed by atoms with Gasteiger partial charge in [-0.15, -0.1) is 0 Å². The number of benzene rings is 2. The number of piperidine rings is 1. The van der Waals surface area contributed by atoms with E-state index < -0.39 is 23.1 Å². The van der Waals surface area contributed by atoms with Gasteiger partial charge < -0.3 is 14.6 Å². The Morgan fingerprint density at radius 3 is 2.33 bits per heavy atom. The van der Waals surface area contributed by atoms with E-state index in [0.717, 1.165) is 66.9 Å². The highest BCUT2D eigenvalue weighted by molar-refractivity contribution is 5.82. The maximum absolute atomic E-state index is 14.1. The van der Waals surface area contributed by atoms with Gasteiger partial charge in [0.2, 0.25) is 5.91 Å². The molecule has 6 nitrogen and oxygen atoms in total. The van der Waals surface area contributed by atoms with E-state index in [1.807, 2.05) is 51.2 Å². The van der Waals surface area contributed by atoms with Crippen LogP contribution >= 0.6 is 0 Å². The van der Waals surface area contributed by atoms with Crippen molar-refractivity contribution in [2.45, 2.75) is 58.4 Å². The number of pyridine rings is 1. The first kappa shape index (κ1) is 27.2. The van der Waals surface area contributed by atoms with E-state index in [1.54, 1.807) is 17.7 Å². The monoisotopic (exact) mass is 535 g/mol. The number of hydrogen-bond donors (Lipinski definition) is 1. The van der Waals surface area contributed by atoms with Crippen LogP contribution in [0.25, 0.3) is 0 Å². The topological polar surface area (TPSA) is 63.6 Å². The fourth-order valence-electron chi connectivity index (χ4n) is 5.48. The summed E-state index contributed by atoms with van der Waals surface area (Å²) in [6.45, 7) is 8.41. The van der Waals surface area contributed by atoms with Crippen molar-refractivity contribution in [2.75, 3.05) is 13.1 Å². The van der Waals surface area contributed by atoms with E-state index in [-0.39, 0.29) is 17.1 Å². The summed E-state index contributed by atoms with van der Waals surface area (Å²) in [5, 5.41) is 3.00. The van der Waals surface area contributed by atoms with Crippen molar-refractivity contribution in [1.82, 2.24) is 14.8 Å². The third-order valence-corrected chi connectivity index (χ3v) is 7.92.